The van der Waals surface area contributed by atoms with E-state index < -0.39 is 0 Å². The third-order valence-electron chi connectivity index (χ3n) is 4.42. The van der Waals surface area contributed by atoms with Crippen LogP contribution in [-0.2, 0) is 0 Å². The average Bonchev–Trinajstić information content (AvgIpc) is 2.87. The van der Waals surface area contributed by atoms with Crippen LogP contribution in [0.3, 0.4) is 0 Å². The first kappa shape index (κ1) is 10.9. The van der Waals surface area contributed by atoms with Gasteiger partial charge >= 0.3 is 0 Å². The first-order valence-corrected chi connectivity index (χ1v) is 6.69. The van der Waals surface area contributed by atoms with Crippen LogP contribution < -0.4 is 4.90 Å². The topological polar surface area (TPSA) is 3.24 Å². The molecule has 0 bridgehead atoms. The molecule has 1 aromatic rings. The fraction of sp³-hybridized carbons (Fsp3) is 0.500. The largest absolute Gasteiger partial charge is 0.371 e. The molecule has 0 radical (unpaired) electrons. The normalized spacial score (nSPS) is 27.4. The number of para-hydroxylation sites is 1. The number of anilines is 1. The van der Waals surface area contributed by atoms with Crippen LogP contribution in [0, 0.1) is 11.8 Å². The Bertz CT molecular complexity index is 412. The van der Waals surface area contributed by atoms with E-state index in [1.165, 1.54) is 31.6 Å². The first-order chi connectivity index (χ1) is 8.24. The summed E-state index contributed by atoms with van der Waals surface area (Å²) in [7, 11) is 0. The Balaban J connectivity index is 1.73. The van der Waals surface area contributed by atoms with Gasteiger partial charge in [-0.1, -0.05) is 29.3 Å². The van der Waals surface area contributed by atoms with Crippen molar-refractivity contribution in [3.8, 4) is 0 Å². The third kappa shape index (κ3) is 1.99. The average molecular weight is 227 g/mol. The zero-order valence-electron chi connectivity index (χ0n) is 10.8. The van der Waals surface area contributed by atoms with E-state index in [-0.39, 0.29) is 0 Å². The summed E-state index contributed by atoms with van der Waals surface area (Å²) in [6.45, 7) is 7.05. The van der Waals surface area contributed by atoms with Gasteiger partial charge in [0.05, 0.1) is 0 Å². The number of benzene rings is 1. The standard InChI is InChI=1S/C16H21N/c1-12(2)13-8-14-10-17(11-15(14)9-13)16-6-4-3-5-7-16/h3-7,14-15H,8-11H2,1-2H3. The second-order valence-corrected chi connectivity index (χ2v) is 5.77. The number of hydrogen-bond donors (Lipinski definition) is 0. The number of rotatable bonds is 1. The van der Waals surface area contributed by atoms with Gasteiger partial charge in [0.15, 0.2) is 0 Å². The van der Waals surface area contributed by atoms with Gasteiger partial charge in [0.25, 0.3) is 0 Å². The molecule has 1 heterocycles. The van der Waals surface area contributed by atoms with Crippen molar-refractivity contribution in [1.29, 1.82) is 0 Å². The van der Waals surface area contributed by atoms with Crippen molar-refractivity contribution in [2.24, 2.45) is 11.8 Å². The van der Waals surface area contributed by atoms with Gasteiger partial charge in [0, 0.05) is 18.8 Å². The van der Waals surface area contributed by atoms with E-state index in [0.29, 0.717) is 0 Å². The quantitative estimate of drug-likeness (QED) is 0.658. The summed E-state index contributed by atoms with van der Waals surface area (Å²) in [6, 6.07) is 10.9. The van der Waals surface area contributed by atoms with E-state index in [9.17, 15) is 0 Å². The second kappa shape index (κ2) is 4.21. The summed E-state index contributed by atoms with van der Waals surface area (Å²) in [6.07, 6.45) is 2.69. The minimum Gasteiger partial charge on any atom is -0.371 e. The molecule has 2 atom stereocenters. The third-order valence-corrected chi connectivity index (χ3v) is 4.42. The van der Waals surface area contributed by atoms with Crippen molar-refractivity contribution < 1.29 is 0 Å². The SMILES string of the molecule is CC(C)=C1CC2CN(c3ccccc3)CC2C1. The zero-order valence-corrected chi connectivity index (χ0v) is 10.8. The van der Waals surface area contributed by atoms with Crippen molar-refractivity contribution in [3.05, 3.63) is 41.5 Å². The van der Waals surface area contributed by atoms with Gasteiger partial charge in [0.1, 0.15) is 0 Å². The summed E-state index contributed by atoms with van der Waals surface area (Å²) in [4.78, 5) is 2.57. The summed E-state index contributed by atoms with van der Waals surface area (Å²) in [5.41, 5.74) is 4.69. The van der Waals surface area contributed by atoms with Crippen LogP contribution in [0.15, 0.2) is 41.5 Å². The highest BCUT2D eigenvalue weighted by molar-refractivity contribution is 5.48. The Morgan fingerprint density at radius 3 is 2.12 bits per heavy atom. The molecule has 1 saturated heterocycles. The Morgan fingerprint density at radius 1 is 1.00 bits per heavy atom. The first-order valence-electron chi connectivity index (χ1n) is 6.69. The van der Waals surface area contributed by atoms with E-state index in [4.69, 9.17) is 0 Å². The molecule has 1 aromatic carbocycles. The number of fused-ring (bicyclic) bond motifs is 1. The fourth-order valence-electron chi connectivity index (χ4n) is 3.38. The molecule has 1 heteroatoms. The zero-order chi connectivity index (χ0) is 11.8. The van der Waals surface area contributed by atoms with Crippen LogP contribution in [-0.4, -0.2) is 13.1 Å². The van der Waals surface area contributed by atoms with Gasteiger partial charge in [-0.3, -0.25) is 0 Å². The number of hydrogen-bond acceptors (Lipinski definition) is 1. The highest BCUT2D eigenvalue weighted by atomic mass is 15.2. The Morgan fingerprint density at radius 2 is 1.59 bits per heavy atom. The van der Waals surface area contributed by atoms with Crippen LogP contribution >= 0.6 is 0 Å². The molecular formula is C16H21N. The fourth-order valence-corrected chi connectivity index (χ4v) is 3.38. The predicted octanol–water partition coefficient (Wildman–Crippen LogP) is 3.87. The van der Waals surface area contributed by atoms with E-state index in [2.05, 4.69) is 49.1 Å². The van der Waals surface area contributed by atoms with Crippen LogP contribution in [0.5, 0.6) is 0 Å². The molecule has 0 amide bonds. The van der Waals surface area contributed by atoms with Gasteiger partial charge < -0.3 is 4.90 Å². The number of nitrogens with zero attached hydrogens (tertiary/aromatic N) is 1. The highest BCUT2D eigenvalue weighted by Crippen LogP contribution is 2.43. The molecule has 1 aliphatic carbocycles. The molecule has 1 aliphatic heterocycles. The number of allylic oxidation sites excluding steroid dienone is 2. The smallest absolute Gasteiger partial charge is 0.0366 e. The molecule has 2 aliphatic rings. The minimum absolute atomic E-state index is 0.903. The van der Waals surface area contributed by atoms with E-state index in [0.717, 1.165) is 11.8 Å². The Hall–Kier alpha value is -1.24. The van der Waals surface area contributed by atoms with Crippen molar-refractivity contribution in [2.75, 3.05) is 18.0 Å². The highest BCUT2D eigenvalue weighted by Gasteiger charge is 2.38. The molecule has 0 spiro atoms. The molecule has 1 saturated carbocycles. The van der Waals surface area contributed by atoms with Crippen molar-refractivity contribution in [2.45, 2.75) is 26.7 Å². The molecule has 0 N–H and O–H groups in total. The molecule has 1 nitrogen and oxygen atoms in total. The molecule has 2 unspecified atom stereocenters. The maximum Gasteiger partial charge on any atom is 0.0366 e. The minimum atomic E-state index is 0.903. The molecule has 0 aromatic heterocycles. The lowest BCUT2D eigenvalue weighted by molar-refractivity contribution is 0.494. The lowest BCUT2D eigenvalue weighted by Gasteiger charge is -2.19. The van der Waals surface area contributed by atoms with E-state index in [1.54, 1.807) is 11.1 Å². The maximum atomic E-state index is 2.57. The van der Waals surface area contributed by atoms with Crippen LogP contribution in [0.2, 0.25) is 0 Å². The summed E-state index contributed by atoms with van der Waals surface area (Å²) in [5.74, 6) is 1.81. The van der Waals surface area contributed by atoms with Crippen molar-refractivity contribution >= 4 is 5.69 Å². The monoisotopic (exact) mass is 227 g/mol. The van der Waals surface area contributed by atoms with Gasteiger partial charge in [-0.15, -0.1) is 0 Å². The lowest BCUT2D eigenvalue weighted by atomic mass is 10.0. The predicted molar refractivity (Wildman–Crippen MR) is 73.2 cm³/mol. The summed E-state index contributed by atoms with van der Waals surface area (Å²) in [5, 5.41) is 0. The molecule has 90 valence electrons. The lowest BCUT2D eigenvalue weighted by Crippen LogP contribution is -2.20. The van der Waals surface area contributed by atoms with Gasteiger partial charge in [-0.25, -0.2) is 0 Å². The van der Waals surface area contributed by atoms with Crippen molar-refractivity contribution in [1.82, 2.24) is 0 Å². The van der Waals surface area contributed by atoms with E-state index in [1.807, 2.05) is 0 Å². The van der Waals surface area contributed by atoms with Gasteiger partial charge in [-0.05, 0) is 50.7 Å². The maximum absolute atomic E-state index is 2.57. The van der Waals surface area contributed by atoms with Crippen LogP contribution in [0.25, 0.3) is 0 Å². The van der Waals surface area contributed by atoms with Gasteiger partial charge in [0.2, 0.25) is 0 Å². The Labute approximate surface area is 104 Å². The van der Waals surface area contributed by atoms with E-state index >= 15 is 0 Å². The van der Waals surface area contributed by atoms with Crippen LogP contribution in [0.4, 0.5) is 5.69 Å². The summed E-state index contributed by atoms with van der Waals surface area (Å²) < 4.78 is 0. The molecule has 2 fully saturated rings. The second-order valence-electron chi connectivity index (χ2n) is 5.77. The molecule has 3 rings (SSSR count). The Kier molecular flexibility index (Phi) is 2.70. The van der Waals surface area contributed by atoms with Gasteiger partial charge in [-0.2, -0.15) is 0 Å². The summed E-state index contributed by atoms with van der Waals surface area (Å²) >= 11 is 0. The molecule has 17 heavy (non-hydrogen) atoms. The molecular weight excluding hydrogens is 206 g/mol. The van der Waals surface area contributed by atoms with Crippen molar-refractivity contribution in [3.63, 3.8) is 0 Å². The van der Waals surface area contributed by atoms with Crippen LogP contribution in [0.1, 0.15) is 26.7 Å².